The number of aromatic nitrogens is 2. The number of hydrogen-bond acceptors (Lipinski definition) is 7. The molecule has 11 heteroatoms. The van der Waals surface area contributed by atoms with E-state index in [1.165, 1.54) is 6.20 Å². The Labute approximate surface area is 218 Å². The normalized spacial score (nSPS) is 15.6. The van der Waals surface area contributed by atoms with Crippen LogP contribution in [0.3, 0.4) is 0 Å². The first-order chi connectivity index (χ1) is 17.5. The van der Waals surface area contributed by atoms with E-state index in [-0.39, 0.29) is 23.5 Å². The van der Waals surface area contributed by atoms with Crippen molar-refractivity contribution in [3.8, 4) is 11.4 Å². The fraction of sp³-hybridized carbons (Fsp3) is 0.385. The smallest absolute Gasteiger partial charge is 0.316 e. The molecule has 8 nitrogen and oxygen atoms in total. The van der Waals surface area contributed by atoms with Crippen molar-refractivity contribution in [2.45, 2.75) is 26.5 Å². The van der Waals surface area contributed by atoms with Crippen LogP contribution in [0.25, 0.3) is 5.69 Å². The fourth-order valence-electron chi connectivity index (χ4n) is 3.97. The van der Waals surface area contributed by atoms with Crippen LogP contribution in [0.4, 0.5) is 20.2 Å². The second kappa shape index (κ2) is 11.1. The molecule has 0 spiro atoms. The lowest BCUT2D eigenvalue weighted by Gasteiger charge is -2.36. The minimum atomic E-state index is -1.23. The van der Waals surface area contributed by atoms with E-state index in [9.17, 15) is 18.1 Å². The molecule has 0 amide bonds. The van der Waals surface area contributed by atoms with Crippen molar-refractivity contribution in [1.82, 2.24) is 14.1 Å². The number of nitrogen functional groups attached to an aromatic ring is 1. The second-order valence-corrected chi connectivity index (χ2v) is 11.6. The third kappa shape index (κ3) is 6.79. The van der Waals surface area contributed by atoms with Gasteiger partial charge in [0.25, 0.3) is 0 Å². The van der Waals surface area contributed by atoms with Gasteiger partial charge in [0, 0.05) is 41.8 Å². The van der Waals surface area contributed by atoms with Crippen molar-refractivity contribution < 1.29 is 18.1 Å². The first-order valence-corrected chi connectivity index (χ1v) is 13.2. The maximum atomic E-state index is 13.8. The molecule has 1 unspecified atom stereocenters. The summed E-state index contributed by atoms with van der Waals surface area (Å²) < 4.78 is 49.4. The largest absolute Gasteiger partial charge is 0.598 e. The Bertz CT molecular complexity index is 1290. The number of hydrogen-bond donors (Lipinski definition) is 1. The van der Waals surface area contributed by atoms with E-state index in [0.717, 1.165) is 28.4 Å². The fourth-order valence-corrected chi connectivity index (χ4v) is 5.19. The highest BCUT2D eigenvalue weighted by molar-refractivity contribution is 7.88. The van der Waals surface area contributed by atoms with Crippen molar-refractivity contribution in [2.24, 2.45) is 5.41 Å². The molecule has 1 saturated heterocycles. The number of nitrogens with two attached hydrogens (primary N) is 1. The van der Waals surface area contributed by atoms with Crippen LogP contribution in [0.15, 0.2) is 53.5 Å². The van der Waals surface area contributed by atoms with Crippen molar-refractivity contribution in [3.05, 3.63) is 76.2 Å². The van der Waals surface area contributed by atoms with Gasteiger partial charge in [-0.25, -0.2) is 8.78 Å². The van der Waals surface area contributed by atoms with Gasteiger partial charge in [0.15, 0.2) is 5.75 Å². The summed E-state index contributed by atoms with van der Waals surface area (Å²) in [5, 5.41) is 4.19. The topological polar surface area (TPSA) is 99.7 Å². The van der Waals surface area contributed by atoms with Crippen LogP contribution in [-0.4, -0.2) is 51.4 Å². The quantitative estimate of drug-likeness (QED) is 0.368. The Morgan fingerprint density at radius 3 is 2.38 bits per heavy atom. The van der Waals surface area contributed by atoms with E-state index in [4.69, 9.17) is 10.5 Å². The summed E-state index contributed by atoms with van der Waals surface area (Å²) in [5.74, 6) is -1.20. The minimum absolute atomic E-state index is 0.0311. The van der Waals surface area contributed by atoms with Crippen LogP contribution in [0, 0.1) is 17.0 Å². The number of anilines is 2. The Morgan fingerprint density at radius 2 is 1.76 bits per heavy atom. The minimum Gasteiger partial charge on any atom is -0.598 e. The summed E-state index contributed by atoms with van der Waals surface area (Å²) >= 11 is -1.23. The lowest BCUT2D eigenvalue weighted by molar-refractivity contribution is 0.195. The standard InChI is InChI=1S/C26H31F2N5O3S/c1-26(2,3)17-36-24-23(15-30-33(25(24)34)22-13-19(27)12-20(28)14-22)31-7-9-32(10-8-31)37(35)16-18-5-4-6-21(29)11-18/h4-6,11-15H,7-10,16-17,29H2,1-3H3. The van der Waals surface area contributed by atoms with Gasteiger partial charge in [-0.05, 0) is 29.7 Å². The first kappa shape index (κ1) is 26.9. The summed E-state index contributed by atoms with van der Waals surface area (Å²) in [4.78, 5) is 15.4. The Hall–Kier alpha value is -3.15. The molecule has 3 aromatic rings. The molecule has 37 heavy (non-hydrogen) atoms. The van der Waals surface area contributed by atoms with Gasteiger partial charge in [-0.2, -0.15) is 9.78 Å². The first-order valence-electron chi connectivity index (χ1n) is 11.9. The summed E-state index contributed by atoms with van der Waals surface area (Å²) in [5.41, 5.74) is 6.98. The molecule has 0 bridgehead atoms. The molecule has 1 aliphatic heterocycles. The Morgan fingerprint density at radius 1 is 1.08 bits per heavy atom. The second-order valence-electron chi connectivity index (χ2n) is 10.2. The van der Waals surface area contributed by atoms with E-state index in [2.05, 4.69) is 5.10 Å². The molecule has 1 aromatic heterocycles. The maximum absolute atomic E-state index is 13.8. The predicted molar refractivity (Wildman–Crippen MR) is 141 cm³/mol. The molecule has 1 atom stereocenters. The average Bonchev–Trinajstić information content (AvgIpc) is 2.82. The number of ether oxygens (including phenoxy) is 1. The molecular formula is C26H31F2N5O3S. The molecule has 0 radical (unpaired) electrons. The average molecular weight is 532 g/mol. The summed E-state index contributed by atoms with van der Waals surface area (Å²) in [6, 6.07) is 10.2. The van der Waals surface area contributed by atoms with Gasteiger partial charge in [-0.15, -0.1) is 4.31 Å². The van der Waals surface area contributed by atoms with E-state index < -0.39 is 28.6 Å². The maximum Gasteiger partial charge on any atom is 0.316 e. The molecule has 2 N–H and O–H groups in total. The van der Waals surface area contributed by atoms with Crippen LogP contribution in [0.1, 0.15) is 26.3 Å². The predicted octanol–water partition coefficient (Wildman–Crippen LogP) is 3.50. The number of piperazine rings is 1. The van der Waals surface area contributed by atoms with Crippen molar-refractivity contribution in [1.29, 1.82) is 0 Å². The highest BCUT2D eigenvalue weighted by Gasteiger charge is 2.29. The third-order valence-electron chi connectivity index (χ3n) is 5.76. The molecule has 4 rings (SSSR count). The third-order valence-corrected chi connectivity index (χ3v) is 7.29. The molecule has 2 heterocycles. The molecule has 1 aliphatic rings. The molecular weight excluding hydrogens is 500 g/mol. The van der Waals surface area contributed by atoms with Gasteiger partial charge in [0.2, 0.25) is 5.75 Å². The van der Waals surface area contributed by atoms with Crippen molar-refractivity contribution in [3.63, 3.8) is 0 Å². The molecule has 1 fully saturated rings. The number of nitrogens with zero attached hydrogens (tertiary/aromatic N) is 4. The van der Waals surface area contributed by atoms with Crippen LogP contribution < -0.4 is 20.9 Å². The highest BCUT2D eigenvalue weighted by atomic mass is 32.2. The van der Waals surface area contributed by atoms with Crippen LogP contribution in [-0.2, 0) is 17.1 Å². The highest BCUT2D eigenvalue weighted by Crippen LogP contribution is 2.28. The van der Waals surface area contributed by atoms with Gasteiger partial charge in [0.1, 0.15) is 17.3 Å². The van der Waals surface area contributed by atoms with Crippen LogP contribution >= 0.6 is 0 Å². The van der Waals surface area contributed by atoms with Gasteiger partial charge in [-0.3, -0.25) is 4.79 Å². The molecule has 198 valence electrons. The van der Waals surface area contributed by atoms with Crippen molar-refractivity contribution in [2.75, 3.05) is 43.4 Å². The van der Waals surface area contributed by atoms with Crippen molar-refractivity contribution >= 4 is 22.7 Å². The molecule has 0 saturated carbocycles. The van der Waals surface area contributed by atoms with Gasteiger partial charge in [0.05, 0.1) is 31.6 Å². The van der Waals surface area contributed by atoms with Gasteiger partial charge in [-0.1, -0.05) is 32.9 Å². The van der Waals surface area contributed by atoms with E-state index in [1.807, 2.05) is 48.2 Å². The SMILES string of the molecule is CC(C)(C)COc1c(N2CCN([S+]([O-])Cc3cccc(N)c3)CC2)cnn(-c2cc(F)cc(F)c2)c1=O. The Kier molecular flexibility index (Phi) is 8.05. The summed E-state index contributed by atoms with van der Waals surface area (Å²) in [6.07, 6.45) is 1.47. The number of benzene rings is 2. The van der Waals surface area contributed by atoms with E-state index in [1.54, 1.807) is 6.07 Å². The number of halogens is 2. The van der Waals surface area contributed by atoms with Crippen LogP contribution in [0.2, 0.25) is 0 Å². The van der Waals surface area contributed by atoms with E-state index in [0.29, 0.717) is 43.3 Å². The molecule has 2 aromatic carbocycles. The monoisotopic (exact) mass is 531 g/mol. The zero-order valence-electron chi connectivity index (χ0n) is 21.1. The number of rotatable bonds is 7. The lowest BCUT2D eigenvalue weighted by Crippen LogP contribution is -2.49. The zero-order chi connectivity index (χ0) is 26.7. The van der Waals surface area contributed by atoms with E-state index >= 15 is 0 Å². The summed E-state index contributed by atoms with van der Waals surface area (Å²) in [6.45, 7) is 8.18. The summed E-state index contributed by atoms with van der Waals surface area (Å²) in [7, 11) is 0. The molecule has 0 aliphatic carbocycles. The zero-order valence-corrected chi connectivity index (χ0v) is 21.9. The van der Waals surface area contributed by atoms with Gasteiger partial charge >= 0.3 is 5.56 Å². The van der Waals surface area contributed by atoms with Crippen LogP contribution in [0.5, 0.6) is 5.75 Å². The lowest BCUT2D eigenvalue weighted by atomic mass is 9.99. The van der Waals surface area contributed by atoms with Gasteiger partial charge < -0.3 is 19.9 Å². The Balaban J connectivity index is 1.55.